The summed E-state index contributed by atoms with van der Waals surface area (Å²) < 4.78 is 18.4. The van der Waals surface area contributed by atoms with Crippen LogP contribution < -0.4 is 15.4 Å². The summed E-state index contributed by atoms with van der Waals surface area (Å²) >= 11 is 6.11. The standard InChI is InChI=1S/C20H24ClFN2O2/c1-20(2,17-8-7-15(22)12-18(17)21)24-13-19(25)23-10-9-14-5-4-6-16(11-14)26-3/h4-8,11-12,24H,9-10,13H2,1-3H3,(H,23,25). The maximum atomic E-state index is 13.2. The molecule has 0 aliphatic heterocycles. The zero-order valence-corrected chi connectivity index (χ0v) is 16.0. The lowest BCUT2D eigenvalue weighted by molar-refractivity contribution is -0.120. The van der Waals surface area contributed by atoms with Crippen LogP contribution in [-0.2, 0) is 16.8 Å². The lowest BCUT2D eigenvalue weighted by atomic mass is 9.94. The number of halogens is 2. The molecule has 0 aliphatic rings. The molecular formula is C20H24ClFN2O2. The molecular weight excluding hydrogens is 355 g/mol. The molecule has 0 unspecified atom stereocenters. The molecule has 6 heteroatoms. The number of benzene rings is 2. The maximum Gasteiger partial charge on any atom is 0.233 e. The molecule has 2 aromatic carbocycles. The van der Waals surface area contributed by atoms with E-state index in [0.717, 1.165) is 23.3 Å². The quantitative estimate of drug-likeness (QED) is 0.736. The molecule has 0 bridgehead atoms. The average Bonchev–Trinajstić information content (AvgIpc) is 2.60. The van der Waals surface area contributed by atoms with E-state index < -0.39 is 5.54 Å². The van der Waals surface area contributed by atoms with Crippen LogP contribution in [0.5, 0.6) is 5.75 Å². The van der Waals surface area contributed by atoms with Crippen LogP contribution in [0.25, 0.3) is 0 Å². The van der Waals surface area contributed by atoms with Gasteiger partial charge in [-0.05, 0) is 55.7 Å². The first-order valence-electron chi connectivity index (χ1n) is 8.42. The van der Waals surface area contributed by atoms with Crippen molar-refractivity contribution in [3.63, 3.8) is 0 Å². The second-order valence-corrected chi connectivity index (χ2v) is 6.96. The van der Waals surface area contributed by atoms with E-state index in [4.69, 9.17) is 16.3 Å². The molecule has 0 aromatic heterocycles. The minimum atomic E-state index is -0.561. The number of nitrogens with one attached hydrogen (secondary N) is 2. The van der Waals surface area contributed by atoms with Gasteiger partial charge in [-0.2, -0.15) is 0 Å². The number of amides is 1. The third-order valence-electron chi connectivity index (χ3n) is 4.17. The van der Waals surface area contributed by atoms with E-state index in [9.17, 15) is 9.18 Å². The van der Waals surface area contributed by atoms with Crippen LogP contribution in [0.4, 0.5) is 4.39 Å². The van der Waals surface area contributed by atoms with Gasteiger partial charge in [-0.15, -0.1) is 0 Å². The Morgan fingerprint density at radius 1 is 1.23 bits per heavy atom. The van der Waals surface area contributed by atoms with Gasteiger partial charge >= 0.3 is 0 Å². The molecule has 0 radical (unpaired) electrons. The molecule has 4 nitrogen and oxygen atoms in total. The van der Waals surface area contributed by atoms with Crippen molar-refractivity contribution in [3.05, 3.63) is 64.4 Å². The SMILES string of the molecule is COc1cccc(CCNC(=O)CNC(C)(C)c2ccc(F)cc2Cl)c1. The smallest absolute Gasteiger partial charge is 0.233 e. The van der Waals surface area contributed by atoms with Crippen molar-refractivity contribution in [1.29, 1.82) is 0 Å². The fourth-order valence-corrected chi connectivity index (χ4v) is 3.03. The van der Waals surface area contributed by atoms with Crippen LogP contribution in [-0.4, -0.2) is 26.1 Å². The molecule has 0 spiro atoms. The zero-order valence-electron chi connectivity index (χ0n) is 15.2. The predicted molar refractivity (Wildman–Crippen MR) is 102 cm³/mol. The molecule has 26 heavy (non-hydrogen) atoms. The number of ether oxygens (including phenoxy) is 1. The second kappa shape index (κ2) is 9.01. The van der Waals surface area contributed by atoms with Crippen molar-refractivity contribution in [1.82, 2.24) is 10.6 Å². The zero-order chi connectivity index (χ0) is 19.2. The number of methoxy groups -OCH3 is 1. The Labute approximate surface area is 158 Å². The summed E-state index contributed by atoms with van der Waals surface area (Å²) in [5, 5.41) is 6.38. The van der Waals surface area contributed by atoms with E-state index in [1.165, 1.54) is 12.1 Å². The summed E-state index contributed by atoms with van der Waals surface area (Å²) in [6.45, 7) is 4.47. The van der Waals surface area contributed by atoms with Gasteiger partial charge in [-0.3, -0.25) is 10.1 Å². The first kappa shape index (κ1) is 20.2. The Kier molecular flexibility index (Phi) is 7.00. The van der Waals surface area contributed by atoms with Crippen molar-refractivity contribution in [3.8, 4) is 5.75 Å². The normalized spacial score (nSPS) is 11.3. The highest BCUT2D eigenvalue weighted by Gasteiger charge is 2.23. The van der Waals surface area contributed by atoms with Gasteiger partial charge in [-0.25, -0.2) is 4.39 Å². The van der Waals surface area contributed by atoms with Gasteiger partial charge in [0.05, 0.1) is 13.7 Å². The molecule has 0 saturated heterocycles. The van der Waals surface area contributed by atoms with Crippen molar-refractivity contribution in [2.45, 2.75) is 25.8 Å². The van der Waals surface area contributed by atoms with Crippen molar-refractivity contribution in [2.24, 2.45) is 0 Å². The van der Waals surface area contributed by atoms with Crippen LogP contribution in [0.1, 0.15) is 25.0 Å². The van der Waals surface area contributed by atoms with Gasteiger partial charge in [0.15, 0.2) is 0 Å². The minimum Gasteiger partial charge on any atom is -0.497 e. The first-order chi connectivity index (χ1) is 12.3. The number of carbonyl (C=O) groups is 1. The summed E-state index contributed by atoms with van der Waals surface area (Å²) in [5.41, 5.74) is 1.27. The van der Waals surface area contributed by atoms with Crippen LogP contribution in [0.2, 0.25) is 5.02 Å². The number of rotatable bonds is 8. The molecule has 0 heterocycles. The second-order valence-electron chi connectivity index (χ2n) is 6.55. The van der Waals surface area contributed by atoms with E-state index in [1.807, 2.05) is 38.1 Å². The van der Waals surface area contributed by atoms with Crippen molar-refractivity contribution in [2.75, 3.05) is 20.2 Å². The number of carbonyl (C=O) groups excluding carboxylic acids is 1. The molecule has 0 aliphatic carbocycles. The highest BCUT2D eigenvalue weighted by atomic mass is 35.5. The van der Waals surface area contributed by atoms with E-state index in [-0.39, 0.29) is 18.3 Å². The maximum absolute atomic E-state index is 13.2. The first-order valence-corrected chi connectivity index (χ1v) is 8.80. The molecule has 1 amide bonds. The lowest BCUT2D eigenvalue weighted by Crippen LogP contribution is -2.44. The van der Waals surface area contributed by atoms with Crippen LogP contribution in [0.15, 0.2) is 42.5 Å². The van der Waals surface area contributed by atoms with Crippen LogP contribution in [0.3, 0.4) is 0 Å². The average molecular weight is 379 g/mol. The van der Waals surface area contributed by atoms with Crippen LogP contribution in [0, 0.1) is 5.82 Å². The summed E-state index contributed by atoms with van der Waals surface area (Å²) in [4.78, 5) is 12.1. The van der Waals surface area contributed by atoms with Crippen LogP contribution >= 0.6 is 11.6 Å². The fourth-order valence-electron chi connectivity index (χ4n) is 2.63. The monoisotopic (exact) mass is 378 g/mol. The molecule has 2 rings (SSSR count). The van der Waals surface area contributed by atoms with Crippen molar-refractivity contribution < 1.29 is 13.9 Å². The number of hydrogen-bond donors (Lipinski definition) is 2. The van der Waals surface area contributed by atoms with Gasteiger partial charge < -0.3 is 10.1 Å². The van der Waals surface area contributed by atoms with E-state index >= 15 is 0 Å². The third-order valence-corrected chi connectivity index (χ3v) is 4.48. The molecule has 2 aromatic rings. The molecule has 2 N–H and O–H groups in total. The lowest BCUT2D eigenvalue weighted by Gasteiger charge is -2.27. The highest BCUT2D eigenvalue weighted by Crippen LogP contribution is 2.28. The Hall–Kier alpha value is -2.11. The topological polar surface area (TPSA) is 50.4 Å². The van der Waals surface area contributed by atoms with Gasteiger partial charge in [0, 0.05) is 17.1 Å². The summed E-state index contributed by atoms with van der Waals surface area (Å²) in [7, 11) is 1.63. The van der Waals surface area contributed by atoms with Gasteiger partial charge in [0.2, 0.25) is 5.91 Å². The van der Waals surface area contributed by atoms with E-state index in [0.29, 0.717) is 11.6 Å². The Balaban J connectivity index is 1.82. The van der Waals surface area contributed by atoms with Gasteiger partial charge in [0.1, 0.15) is 11.6 Å². The van der Waals surface area contributed by atoms with Crippen molar-refractivity contribution >= 4 is 17.5 Å². The Bertz CT molecular complexity index is 765. The highest BCUT2D eigenvalue weighted by molar-refractivity contribution is 6.31. The Morgan fingerprint density at radius 2 is 2.00 bits per heavy atom. The van der Waals surface area contributed by atoms with E-state index in [2.05, 4.69) is 10.6 Å². The predicted octanol–water partition coefficient (Wildman–Crippen LogP) is 3.67. The fraction of sp³-hybridized carbons (Fsp3) is 0.350. The largest absolute Gasteiger partial charge is 0.497 e. The molecule has 140 valence electrons. The molecule has 0 saturated carbocycles. The van der Waals surface area contributed by atoms with Gasteiger partial charge in [-0.1, -0.05) is 29.8 Å². The third kappa shape index (κ3) is 5.71. The molecule has 0 fully saturated rings. The number of hydrogen-bond acceptors (Lipinski definition) is 3. The summed E-state index contributed by atoms with van der Waals surface area (Å²) in [6, 6.07) is 12.0. The molecule has 0 atom stereocenters. The van der Waals surface area contributed by atoms with E-state index in [1.54, 1.807) is 13.2 Å². The Morgan fingerprint density at radius 3 is 2.69 bits per heavy atom. The minimum absolute atomic E-state index is 0.112. The van der Waals surface area contributed by atoms with Gasteiger partial charge in [0.25, 0.3) is 0 Å². The summed E-state index contributed by atoms with van der Waals surface area (Å²) in [6.07, 6.45) is 0.718. The summed E-state index contributed by atoms with van der Waals surface area (Å²) in [5.74, 6) is 0.303.